The van der Waals surface area contributed by atoms with E-state index in [1.807, 2.05) is 11.5 Å². The zero-order valence-corrected chi connectivity index (χ0v) is 16.4. The van der Waals surface area contributed by atoms with Crippen molar-refractivity contribution in [3.63, 3.8) is 0 Å². The molecule has 0 aromatic carbocycles. The zero-order valence-electron chi connectivity index (χ0n) is 16.4. The molecule has 1 atom stereocenters. The number of anilines is 1. The van der Waals surface area contributed by atoms with Crippen LogP contribution in [0.4, 0.5) is 5.95 Å². The molecule has 1 fully saturated rings. The number of unbranched alkanes of at least 4 members (excludes halogenated alkanes) is 1. The van der Waals surface area contributed by atoms with Crippen LogP contribution in [0.5, 0.6) is 5.88 Å². The number of esters is 1. The van der Waals surface area contributed by atoms with Crippen LogP contribution in [0.25, 0.3) is 11.2 Å². The number of aromatic nitrogens is 4. The van der Waals surface area contributed by atoms with Gasteiger partial charge in [0.05, 0.1) is 26.3 Å². The summed E-state index contributed by atoms with van der Waals surface area (Å²) < 4.78 is 18.3. The number of nitrogens with zero attached hydrogens (tertiary/aromatic N) is 4. The molecule has 1 aliphatic carbocycles. The maximum atomic E-state index is 11.8. The van der Waals surface area contributed by atoms with Crippen LogP contribution in [0.3, 0.4) is 0 Å². The third-order valence-corrected chi connectivity index (χ3v) is 4.32. The second-order valence-electron chi connectivity index (χ2n) is 6.81. The lowest BCUT2D eigenvalue weighted by Gasteiger charge is -2.13. The highest BCUT2D eigenvalue weighted by Crippen LogP contribution is 2.29. The van der Waals surface area contributed by atoms with E-state index in [1.165, 1.54) is 0 Å². The quantitative estimate of drug-likeness (QED) is 0.312. The molecule has 3 N–H and O–H groups in total. The largest absolute Gasteiger partial charge is 0.473 e. The Balaban J connectivity index is 1.44. The van der Waals surface area contributed by atoms with Crippen LogP contribution in [0.1, 0.15) is 39.5 Å². The molecule has 0 spiro atoms. The third kappa shape index (κ3) is 5.52. The average molecular weight is 392 g/mol. The fourth-order valence-corrected chi connectivity index (χ4v) is 2.47. The molecule has 1 saturated carbocycles. The molecule has 0 aliphatic heterocycles. The van der Waals surface area contributed by atoms with Crippen LogP contribution < -0.4 is 15.8 Å². The number of ether oxygens (including phenoxy) is 3. The lowest BCUT2D eigenvalue weighted by atomic mass is 10.3. The van der Waals surface area contributed by atoms with Crippen molar-refractivity contribution in [2.75, 3.05) is 25.7 Å². The van der Waals surface area contributed by atoms with Gasteiger partial charge in [-0.1, -0.05) is 13.3 Å². The number of hydrogen-bond acceptors (Lipinski definition) is 9. The molecule has 2 aromatic heterocycles. The zero-order chi connectivity index (χ0) is 19.9. The van der Waals surface area contributed by atoms with Crippen molar-refractivity contribution in [3.05, 3.63) is 6.33 Å². The molecule has 0 bridgehead atoms. The first-order chi connectivity index (χ1) is 13.6. The van der Waals surface area contributed by atoms with Crippen LogP contribution in [0, 0.1) is 0 Å². The monoisotopic (exact) mass is 392 g/mol. The lowest BCUT2D eigenvalue weighted by Crippen LogP contribution is -2.37. The van der Waals surface area contributed by atoms with Gasteiger partial charge in [0.25, 0.3) is 0 Å². The summed E-state index contributed by atoms with van der Waals surface area (Å²) in [5.41, 5.74) is 7.02. The number of hydrogen-bond donors (Lipinski definition) is 2. The summed E-state index contributed by atoms with van der Waals surface area (Å²) in [7, 11) is 0. The SMILES string of the molecule is CCCCOC(=O)[C@H](C)NCOCCn1cnc2c(OC3CC3)nc(N)nc21. The summed E-state index contributed by atoms with van der Waals surface area (Å²) in [6.07, 6.45) is 5.78. The predicted octanol–water partition coefficient (Wildman–Crippen LogP) is 1.25. The van der Waals surface area contributed by atoms with Crippen molar-refractivity contribution in [2.24, 2.45) is 0 Å². The van der Waals surface area contributed by atoms with Crippen molar-refractivity contribution in [3.8, 4) is 5.88 Å². The average Bonchev–Trinajstić information content (AvgIpc) is 3.40. The van der Waals surface area contributed by atoms with Crippen LogP contribution in [0.15, 0.2) is 6.33 Å². The van der Waals surface area contributed by atoms with Gasteiger partial charge in [-0.15, -0.1) is 0 Å². The van der Waals surface area contributed by atoms with Gasteiger partial charge in [0, 0.05) is 6.54 Å². The maximum Gasteiger partial charge on any atom is 0.322 e. The molecule has 10 nitrogen and oxygen atoms in total. The molecular formula is C18H28N6O4. The molecular weight excluding hydrogens is 364 g/mol. The number of imidazole rings is 1. The smallest absolute Gasteiger partial charge is 0.322 e. The van der Waals surface area contributed by atoms with Crippen LogP contribution in [0.2, 0.25) is 0 Å². The van der Waals surface area contributed by atoms with E-state index in [-0.39, 0.29) is 24.8 Å². The highest BCUT2D eigenvalue weighted by atomic mass is 16.5. The Bertz CT molecular complexity index is 792. The predicted molar refractivity (Wildman–Crippen MR) is 103 cm³/mol. The first kappa shape index (κ1) is 20.3. The summed E-state index contributed by atoms with van der Waals surface area (Å²) >= 11 is 0. The van der Waals surface area contributed by atoms with Crippen molar-refractivity contribution < 1.29 is 19.0 Å². The first-order valence-electron chi connectivity index (χ1n) is 9.71. The highest BCUT2D eigenvalue weighted by Gasteiger charge is 2.26. The van der Waals surface area contributed by atoms with E-state index in [0.29, 0.717) is 36.8 Å². The van der Waals surface area contributed by atoms with E-state index in [9.17, 15) is 4.79 Å². The summed E-state index contributed by atoms with van der Waals surface area (Å²) in [6.45, 7) is 5.44. The summed E-state index contributed by atoms with van der Waals surface area (Å²) in [4.78, 5) is 24.5. The molecule has 0 amide bonds. The Kier molecular flexibility index (Phi) is 6.99. The molecule has 0 unspecified atom stereocenters. The highest BCUT2D eigenvalue weighted by molar-refractivity contribution is 5.77. The van der Waals surface area contributed by atoms with Crippen molar-refractivity contribution in [1.29, 1.82) is 0 Å². The van der Waals surface area contributed by atoms with Crippen LogP contribution in [-0.4, -0.2) is 57.6 Å². The Morgan fingerprint density at radius 1 is 1.39 bits per heavy atom. The molecule has 3 rings (SSSR count). The fourth-order valence-electron chi connectivity index (χ4n) is 2.47. The number of nitrogen functional groups attached to an aromatic ring is 1. The third-order valence-electron chi connectivity index (χ3n) is 4.32. The van der Waals surface area contributed by atoms with Crippen molar-refractivity contribution in [1.82, 2.24) is 24.8 Å². The summed E-state index contributed by atoms with van der Waals surface area (Å²) in [6, 6.07) is -0.416. The first-order valence-corrected chi connectivity index (χ1v) is 9.71. The van der Waals surface area contributed by atoms with E-state index < -0.39 is 6.04 Å². The number of nitrogens with one attached hydrogen (secondary N) is 1. The maximum absolute atomic E-state index is 11.8. The second-order valence-corrected chi connectivity index (χ2v) is 6.81. The molecule has 2 aromatic rings. The van der Waals surface area contributed by atoms with E-state index in [0.717, 1.165) is 25.7 Å². The topological polar surface area (TPSA) is 126 Å². The van der Waals surface area contributed by atoms with E-state index >= 15 is 0 Å². The van der Waals surface area contributed by atoms with E-state index in [2.05, 4.69) is 20.3 Å². The van der Waals surface area contributed by atoms with Gasteiger partial charge in [0.15, 0.2) is 11.2 Å². The minimum absolute atomic E-state index is 0.155. The van der Waals surface area contributed by atoms with Crippen molar-refractivity contribution in [2.45, 2.75) is 58.2 Å². The normalized spacial score (nSPS) is 14.9. The summed E-state index contributed by atoms with van der Waals surface area (Å²) in [5, 5.41) is 2.99. The molecule has 0 radical (unpaired) electrons. The summed E-state index contributed by atoms with van der Waals surface area (Å²) in [5.74, 6) is 0.317. The number of rotatable bonds is 12. The fraction of sp³-hybridized carbons (Fsp3) is 0.667. The van der Waals surface area contributed by atoms with Crippen LogP contribution in [-0.2, 0) is 20.8 Å². The molecule has 10 heteroatoms. The van der Waals surface area contributed by atoms with Gasteiger partial charge in [-0.05, 0) is 26.2 Å². The van der Waals surface area contributed by atoms with Gasteiger partial charge in [-0.25, -0.2) is 4.98 Å². The molecule has 2 heterocycles. The Morgan fingerprint density at radius 2 is 2.21 bits per heavy atom. The number of carbonyl (C=O) groups excluding carboxylic acids is 1. The second kappa shape index (κ2) is 9.65. The molecule has 0 saturated heterocycles. The van der Waals surface area contributed by atoms with Gasteiger partial charge in [0.1, 0.15) is 12.1 Å². The Labute approximate surface area is 163 Å². The Hall–Kier alpha value is -2.46. The van der Waals surface area contributed by atoms with Crippen molar-refractivity contribution >= 4 is 23.1 Å². The number of carbonyl (C=O) groups is 1. The molecule has 1 aliphatic rings. The van der Waals surface area contributed by atoms with Crippen LogP contribution >= 0.6 is 0 Å². The van der Waals surface area contributed by atoms with Gasteiger partial charge >= 0.3 is 5.97 Å². The Morgan fingerprint density at radius 3 is 2.96 bits per heavy atom. The van der Waals surface area contributed by atoms with Gasteiger partial charge in [-0.3, -0.25) is 10.1 Å². The molecule has 28 heavy (non-hydrogen) atoms. The standard InChI is InChI=1S/C18H28N6O4/c1-3-4-8-27-17(25)12(2)21-11-26-9-7-24-10-20-14-15(24)22-18(19)23-16(14)28-13-5-6-13/h10,12-13,21H,3-9,11H2,1-2H3,(H2,19,22,23)/t12-/m0/s1. The minimum atomic E-state index is -0.416. The van der Waals surface area contributed by atoms with Gasteiger partial charge < -0.3 is 24.5 Å². The molecule has 154 valence electrons. The van der Waals surface area contributed by atoms with E-state index in [1.54, 1.807) is 13.3 Å². The number of fused-ring (bicyclic) bond motifs is 1. The van der Waals surface area contributed by atoms with Gasteiger partial charge in [0.2, 0.25) is 11.8 Å². The van der Waals surface area contributed by atoms with Gasteiger partial charge in [-0.2, -0.15) is 9.97 Å². The number of nitrogens with two attached hydrogens (primary N) is 1. The minimum Gasteiger partial charge on any atom is -0.473 e. The lowest BCUT2D eigenvalue weighted by molar-refractivity contribution is -0.146. The van der Waals surface area contributed by atoms with E-state index in [4.69, 9.17) is 19.9 Å².